The molecule has 2 aliphatic rings. The van der Waals surface area contributed by atoms with Crippen molar-refractivity contribution in [2.75, 3.05) is 37.4 Å². The number of nitrogens with zero attached hydrogens (tertiary/aromatic N) is 3. The van der Waals surface area contributed by atoms with Crippen molar-refractivity contribution in [2.24, 2.45) is 0 Å². The normalized spacial score (nSPS) is 19.6. The molecule has 0 saturated carbocycles. The molecule has 5 rings (SSSR count). The van der Waals surface area contributed by atoms with E-state index >= 15 is 0 Å². The van der Waals surface area contributed by atoms with Gasteiger partial charge in [-0.3, -0.25) is 0 Å². The van der Waals surface area contributed by atoms with Gasteiger partial charge >= 0.3 is 0 Å². The fraction of sp³-hybridized carbons (Fsp3) is 0.440. The van der Waals surface area contributed by atoms with Crippen LogP contribution in [-0.2, 0) is 21.0 Å². The molecule has 0 bridgehead atoms. The third-order valence-electron chi connectivity index (χ3n) is 6.74. The molecular weight excluding hydrogens is 436 g/mol. The molecule has 1 fully saturated rings. The molecule has 1 aromatic heterocycles. The van der Waals surface area contributed by atoms with Gasteiger partial charge in [-0.2, -0.15) is 0 Å². The second-order valence-electron chi connectivity index (χ2n) is 9.04. The van der Waals surface area contributed by atoms with Gasteiger partial charge in [0.05, 0.1) is 28.8 Å². The molecule has 0 spiro atoms. The number of nitrogens with one attached hydrogen (secondary N) is 1. The number of piperidine rings is 1. The number of hydrogen-bond donors (Lipinski definition) is 1. The maximum atomic E-state index is 12.0. The Balaban J connectivity index is 1.24. The van der Waals surface area contributed by atoms with Crippen molar-refractivity contribution in [1.29, 1.82) is 0 Å². The van der Waals surface area contributed by atoms with Crippen LogP contribution in [0.15, 0.2) is 47.4 Å². The van der Waals surface area contributed by atoms with E-state index in [1.807, 2.05) is 6.92 Å². The number of benzene rings is 2. The van der Waals surface area contributed by atoms with Crippen LogP contribution in [0.5, 0.6) is 0 Å². The number of anilines is 1. The lowest BCUT2D eigenvalue weighted by Crippen LogP contribution is -2.44. The van der Waals surface area contributed by atoms with Crippen molar-refractivity contribution >= 4 is 26.7 Å². The third kappa shape index (κ3) is 4.74. The summed E-state index contributed by atoms with van der Waals surface area (Å²) in [6.45, 7) is 5.26. The van der Waals surface area contributed by atoms with E-state index in [-0.39, 0.29) is 11.0 Å². The highest BCUT2D eigenvalue weighted by molar-refractivity contribution is 7.90. The molecule has 1 N–H and O–H groups in total. The molecule has 3 heterocycles. The van der Waals surface area contributed by atoms with Crippen molar-refractivity contribution < 1.29 is 13.2 Å². The fourth-order valence-corrected chi connectivity index (χ4v) is 5.47. The van der Waals surface area contributed by atoms with Crippen molar-refractivity contribution in [2.45, 2.75) is 43.2 Å². The van der Waals surface area contributed by atoms with Gasteiger partial charge in [-0.25, -0.2) is 18.4 Å². The topological polar surface area (TPSA) is 84.4 Å². The molecule has 0 amide bonds. The van der Waals surface area contributed by atoms with Crippen molar-refractivity contribution in [3.8, 4) is 0 Å². The fourth-order valence-electron chi connectivity index (χ4n) is 4.83. The van der Waals surface area contributed by atoms with Gasteiger partial charge in [-0.15, -0.1) is 0 Å². The number of fused-ring (bicyclic) bond motifs is 2. The number of aryl methyl sites for hydroxylation is 1. The van der Waals surface area contributed by atoms with Crippen molar-refractivity contribution in [3.05, 3.63) is 59.3 Å². The van der Waals surface area contributed by atoms with Crippen LogP contribution in [-0.4, -0.2) is 56.9 Å². The molecule has 1 atom stereocenters. The minimum atomic E-state index is -3.28. The van der Waals surface area contributed by atoms with Crippen LogP contribution in [0.3, 0.4) is 0 Å². The highest BCUT2D eigenvalue weighted by atomic mass is 32.2. The van der Waals surface area contributed by atoms with Crippen LogP contribution in [0.25, 0.3) is 10.9 Å². The Hall–Kier alpha value is -2.55. The molecule has 1 saturated heterocycles. The quantitative estimate of drug-likeness (QED) is 0.618. The summed E-state index contributed by atoms with van der Waals surface area (Å²) >= 11 is 0. The lowest BCUT2D eigenvalue weighted by Gasteiger charge is -2.34. The van der Waals surface area contributed by atoms with Crippen LogP contribution in [0, 0.1) is 6.92 Å². The van der Waals surface area contributed by atoms with Gasteiger partial charge in [0.15, 0.2) is 9.84 Å². The first-order chi connectivity index (χ1) is 15.9. The van der Waals surface area contributed by atoms with Gasteiger partial charge in [-0.05, 0) is 55.5 Å². The summed E-state index contributed by atoms with van der Waals surface area (Å²) in [5.41, 5.74) is 4.24. The SMILES string of the molecule is Cc1nc(N2CCC(NC[C@@H]3OCCc4ccccc43)CC2)nc2cc(S(C)(=O)=O)ccc12. The lowest BCUT2D eigenvalue weighted by molar-refractivity contribution is 0.0400. The van der Waals surface area contributed by atoms with Gasteiger partial charge < -0.3 is 15.0 Å². The van der Waals surface area contributed by atoms with E-state index < -0.39 is 9.84 Å². The van der Waals surface area contributed by atoms with Gasteiger partial charge in [0, 0.05) is 37.3 Å². The number of aromatic nitrogens is 2. The molecule has 2 aromatic carbocycles. The predicted octanol–water partition coefficient (Wildman–Crippen LogP) is 3.21. The summed E-state index contributed by atoms with van der Waals surface area (Å²) in [4.78, 5) is 11.9. The molecule has 2 aliphatic heterocycles. The Bertz CT molecular complexity index is 1270. The van der Waals surface area contributed by atoms with Crippen LogP contribution in [0.2, 0.25) is 0 Å². The highest BCUT2D eigenvalue weighted by Gasteiger charge is 2.25. The van der Waals surface area contributed by atoms with Crippen LogP contribution < -0.4 is 10.2 Å². The molecular formula is C25H30N4O3S. The van der Waals surface area contributed by atoms with E-state index in [1.165, 1.54) is 17.4 Å². The van der Waals surface area contributed by atoms with E-state index in [1.54, 1.807) is 18.2 Å². The maximum Gasteiger partial charge on any atom is 0.226 e. The summed E-state index contributed by atoms with van der Waals surface area (Å²) in [5.74, 6) is 0.675. The summed E-state index contributed by atoms with van der Waals surface area (Å²) < 4.78 is 30.0. The maximum absolute atomic E-state index is 12.0. The number of ether oxygens (including phenoxy) is 1. The summed E-state index contributed by atoms with van der Waals surface area (Å²) in [6.07, 6.45) is 4.32. The Labute approximate surface area is 195 Å². The Kier molecular flexibility index (Phi) is 6.07. The molecule has 0 unspecified atom stereocenters. The molecule has 8 heteroatoms. The highest BCUT2D eigenvalue weighted by Crippen LogP contribution is 2.27. The molecule has 3 aromatic rings. The van der Waals surface area contributed by atoms with Crippen LogP contribution in [0.4, 0.5) is 5.95 Å². The average molecular weight is 467 g/mol. The van der Waals surface area contributed by atoms with E-state index in [2.05, 4.69) is 34.5 Å². The Morgan fingerprint density at radius 2 is 1.91 bits per heavy atom. The van der Waals surface area contributed by atoms with Crippen LogP contribution in [0.1, 0.15) is 35.8 Å². The van der Waals surface area contributed by atoms with Gasteiger partial charge in [0.25, 0.3) is 0 Å². The third-order valence-corrected chi connectivity index (χ3v) is 7.85. The van der Waals surface area contributed by atoms with E-state index in [0.717, 1.165) is 56.6 Å². The van der Waals surface area contributed by atoms with E-state index in [0.29, 0.717) is 17.5 Å². The average Bonchev–Trinajstić information content (AvgIpc) is 2.82. The zero-order valence-corrected chi connectivity index (χ0v) is 19.9. The second kappa shape index (κ2) is 9.00. The second-order valence-corrected chi connectivity index (χ2v) is 11.1. The lowest BCUT2D eigenvalue weighted by atomic mass is 9.97. The zero-order chi connectivity index (χ0) is 23.0. The standard InChI is InChI=1S/C25H30N4O3S/c1-17-21-8-7-20(33(2,30)31)15-23(21)28-25(27-17)29-12-9-19(10-13-29)26-16-24-22-6-4-3-5-18(22)11-14-32-24/h3-8,15,19,24,26H,9-14,16H2,1-2H3/t24-/m0/s1. The predicted molar refractivity (Wildman–Crippen MR) is 129 cm³/mol. The van der Waals surface area contributed by atoms with Crippen molar-refractivity contribution in [3.63, 3.8) is 0 Å². The van der Waals surface area contributed by atoms with Crippen molar-refractivity contribution in [1.82, 2.24) is 15.3 Å². The van der Waals surface area contributed by atoms with E-state index in [9.17, 15) is 8.42 Å². The van der Waals surface area contributed by atoms with Gasteiger partial charge in [0.2, 0.25) is 5.95 Å². The van der Waals surface area contributed by atoms with Gasteiger partial charge in [-0.1, -0.05) is 24.3 Å². The van der Waals surface area contributed by atoms with E-state index in [4.69, 9.17) is 14.7 Å². The molecule has 0 radical (unpaired) electrons. The smallest absolute Gasteiger partial charge is 0.226 e. The number of rotatable bonds is 5. The Morgan fingerprint density at radius 3 is 2.70 bits per heavy atom. The summed E-state index contributed by atoms with van der Waals surface area (Å²) in [5, 5.41) is 4.59. The van der Waals surface area contributed by atoms with Crippen LogP contribution >= 0.6 is 0 Å². The first-order valence-corrected chi connectivity index (χ1v) is 13.4. The summed E-state index contributed by atoms with van der Waals surface area (Å²) in [7, 11) is -3.28. The Morgan fingerprint density at radius 1 is 1.12 bits per heavy atom. The molecule has 7 nitrogen and oxygen atoms in total. The monoisotopic (exact) mass is 466 g/mol. The van der Waals surface area contributed by atoms with Gasteiger partial charge in [0.1, 0.15) is 0 Å². The minimum absolute atomic E-state index is 0.114. The number of sulfone groups is 1. The number of hydrogen-bond acceptors (Lipinski definition) is 7. The zero-order valence-electron chi connectivity index (χ0n) is 19.1. The first kappa shape index (κ1) is 22.3. The minimum Gasteiger partial charge on any atom is -0.372 e. The molecule has 174 valence electrons. The summed E-state index contributed by atoms with van der Waals surface area (Å²) in [6, 6.07) is 14.1. The molecule has 0 aliphatic carbocycles. The first-order valence-electron chi connectivity index (χ1n) is 11.5. The largest absolute Gasteiger partial charge is 0.372 e. The molecule has 33 heavy (non-hydrogen) atoms.